The van der Waals surface area contributed by atoms with Gasteiger partial charge in [-0.3, -0.25) is 0 Å². The van der Waals surface area contributed by atoms with E-state index < -0.39 is 5.97 Å². The molecule has 0 unspecified atom stereocenters. The Morgan fingerprint density at radius 3 is 2.54 bits per heavy atom. The number of benzene rings is 1. The summed E-state index contributed by atoms with van der Waals surface area (Å²) in [5, 5.41) is 8.76. The third-order valence-electron chi connectivity index (χ3n) is 4.27. The molecule has 1 aliphatic rings. The van der Waals surface area contributed by atoms with Crippen LogP contribution in [0.4, 0.5) is 5.82 Å². The summed E-state index contributed by atoms with van der Waals surface area (Å²) in [6, 6.07) is 13.9. The van der Waals surface area contributed by atoms with Crippen molar-refractivity contribution in [3.05, 3.63) is 54.1 Å². The van der Waals surface area contributed by atoms with E-state index in [1.807, 2.05) is 36.4 Å². The van der Waals surface area contributed by atoms with E-state index in [1.54, 1.807) is 6.08 Å². The lowest BCUT2D eigenvalue weighted by atomic mass is 10.1. The average Bonchev–Trinajstić information content (AvgIpc) is 2.90. The fourth-order valence-electron chi connectivity index (χ4n) is 3.03. The second-order valence-corrected chi connectivity index (χ2v) is 6.08. The second kappa shape index (κ2) is 7.77. The predicted octanol–water partition coefficient (Wildman–Crippen LogP) is 4.23. The summed E-state index contributed by atoms with van der Waals surface area (Å²) in [4.78, 5) is 17.9. The fourth-order valence-corrected chi connectivity index (χ4v) is 3.03. The van der Waals surface area contributed by atoms with E-state index in [0.717, 1.165) is 41.8 Å². The topological polar surface area (TPSA) is 53.4 Å². The molecule has 124 valence electrons. The molecule has 24 heavy (non-hydrogen) atoms. The van der Waals surface area contributed by atoms with Gasteiger partial charge in [-0.25, -0.2) is 9.78 Å². The monoisotopic (exact) mass is 322 g/mol. The van der Waals surface area contributed by atoms with Gasteiger partial charge in [-0.05, 0) is 42.7 Å². The van der Waals surface area contributed by atoms with E-state index in [2.05, 4.69) is 11.0 Å². The van der Waals surface area contributed by atoms with E-state index in [1.165, 1.54) is 25.7 Å². The number of carboxylic acids is 1. The van der Waals surface area contributed by atoms with Gasteiger partial charge < -0.3 is 10.0 Å². The van der Waals surface area contributed by atoms with Gasteiger partial charge in [0.2, 0.25) is 0 Å². The van der Waals surface area contributed by atoms with Gasteiger partial charge >= 0.3 is 5.97 Å². The van der Waals surface area contributed by atoms with Crippen LogP contribution in [0.5, 0.6) is 0 Å². The van der Waals surface area contributed by atoms with Crippen molar-refractivity contribution in [3.8, 4) is 11.3 Å². The Labute approximate surface area is 142 Å². The second-order valence-electron chi connectivity index (χ2n) is 6.08. The number of hydrogen-bond acceptors (Lipinski definition) is 3. The summed E-state index contributed by atoms with van der Waals surface area (Å²) < 4.78 is 0. The number of aliphatic carboxylic acids is 1. The minimum Gasteiger partial charge on any atom is -0.478 e. The molecule has 0 aliphatic carbocycles. The predicted molar refractivity (Wildman–Crippen MR) is 97.0 cm³/mol. The van der Waals surface area contributed by atoms with Crippen molar-refractivity contribution >= 4 is 17.9 Å². The Morgan fingerprint density at radius 1 is 1.04 bits per heavy atom. The van der Waals surface area contributed by atoms with Gasteiger partial charge in [0.15, 0.2) is 0 Å². The van der Waals surface area contributed by atoms with Crippen molar-refractivity contribution in [3.63, 3.8) is 0 Å². The number of carbonyl (C=O) groups is 1. The van der Waals surface area contributed by atoms with Crippen molar-refractivity contribution in [2.24, 2.45) is 0 Å². The first-order chi connectivity index (χ1) is 11.7. The van der Waals surface area contributed by atoms with Crippen LogP contribution in [0.3, 0.4) is 0 Å². The normalized spacial score (nSPS) is 15.4. The molecule has 2 heterocycles. The lowest BCUT2D eigenvalue weighted by Gasteiger charge is -2.21. The summed E-state index contributed by atoms with van der Waals surface area (Å²) in [6.45, 7) is 2.13. The zero-order chi connectivity index (χ0) is 16.8. The molecule has 0 spiro atoms. The lowest BCUT2D eigenvalue weighted by molar-refractivity contribution is -0.131. The third-order valence-corrected chi connectivity index (χ3v) is 4.27. The van der Waals surface area contributed by atoms with Crippen molar-refractivity contribution in [2.45, 2.75) is 25.7 Å². The maximum atomic E-state index is 10.7. The van der Waals surface area contributed by atoms with Crippen LogP contribution in [0.25, 0.3) is 17.3 Å². The molecule has 0 amide bonds. The van der Waals surface area contributed by atoms with Crippen LogP contribution in [-0.2, 0) is 4.79 Å². The molecule has 4 heteroatoms. The molecular formula is C20H22N2O2. The molecular weight excluding hydrogens is 300 g/mol. The number of nitrogens with zero attached hydrogens (tertiary/aromatic N) is 2. The quantitative estimate of drug-likeness (QED) is 0.856. The Bertz CT molecular complexity index is 732. The van der Waals surface area contributed by atoms with Crippen LogP contribution >= 0.6 is 0 Å². The van der Waals surface area contributed by atoms with Gasteiger partial charge in [0.25, 0.3) is 0 Å². The highest BCUT2D eigenvalue weighted by atomic mass is 16.4. The molecule has 1 saturated heterocycles. The van der Waals surface area contributed by atoms with Crippen LogP contribution < -0.4 is 4.90 Å². The summed E-state index contributed by atoms with van der Waals surface area (Å²) >= 11 is 0. The van der Waals surface area contributed by atoms with Crippen molar-refractivity contribution in [1.29, 1.82) is 0 Å². The first-order valence-electron chi connectivity index (χ1n) is 8.46. The van der Waals surface area contributed by atoms with Crippen molar-refractivity contribution < 1.29 is 9.90 Å². The number of carboxylic acid groups (broad SMARTS) is 1. The minimum absolute atomic E-state index is 0.858. The van der Waals surface area contributed by atoms with E-state index in [0.29, 0.717) is 0 Å². The summed E-state index contributed by atoms with van der Waals surface area (Å²) in [5.74, 6) is 0.0857. The molecule has 1 aromatic carbocycles. The average molecular weight is 322 g/mol. The Hall–Kier alpha value is -2.62. The van der Waals surface area contributed by atoms with Gasteiger partial charge in [0, 0.05) is 24.7 Å². The van der Waals surface area contributed by atoms with E-state index in [4.69, 9.17) is 10.1 Å². The Kier molecular flexibility index (Phi) is 5.26. The molecule has 1 aromatic heterocycles. The standard InChI is InChI=1S/C20H22N2O2/c23-20(24)12-11-16-7-5-8-17(15-16)18-9-6-10-19(21-18)22-13-3-1-2-4-14-22/h5-12,15H,1-4,13-14H2,(H,23,24)/b12-11+. The minimum atomic E-state index is -0.943. The molecule has 4 nitrogen and oxygen atoms in total. The molecule has 0 saturated carbocycles. The maximum Gasteiger partial charge on any atom is 0.328 e. The summed E-state index contributed by atoms with van der Waals surface area (Å²) in [7, 11) is 0. The number of hydrogen-bond donors (Lipinski definition) is 1. The maximum absolute atomic E-state index is 10.7. The molecule has 0 bridgehead atoms. The largest absolute Gasteiger partial charge is 0.478 e. The van der Waals surface area contributed by atoms with Gasteiger partial charge in [-0.15, -0.1) is 0 Å². The first kappa shape index (κ1) is 16.2. The molecule has 1 fully saturated rings. The SMILES string of the molecule is O=C(O)/C=C/c1cccc(-c2cccc(N3CCCCCC3)n2)c1. The highest BCUT2D eigenvalue weighted by Crippen LogP contribution is 2.23. The number of aromatic nitrogens is 1. The van der Waals surface area contributed by atoms with Gasteiger partial charge in [-0.2, -0.15) is 0 Å². The molecule has 0 atom stereocenters. The summed E-state index contributed by atoms with van der Waals surface area (Å²) in [5.41, 5.74) is 2.78. The molecule has 0 radical (unpaired) electrons. The number of rotatable bonds is 4. The number of pyridine rings is 1. The fraction of sp³-hybridized carbons (Fsp3) is 0.300. The van der Waals surface area contributed by atoms with Crippen LogP contribution in [0.2, 0.25) is 0 Å². The van der Waals surface area contributed by atoms with Crippen molar-refractivity contribution in [2.75, 3.05) is 18.0 Å². The smallest absolute Gasteiger partial charge is 0.328 e. The third kappa shape index (κ3) is 4.22. The zero-order valence-corrected chi connectivity index (χ0v) is 13.7. The van der Waals surface area contributed by atoms with Crippen LogP contribution in [0, 0.1) is 0 Å². The number of anilines is 1. The van der Waals surface area contributed by atoms with Crippen LogP contribution in [0.15, 0.2) is 48.5 Å². The van der Waals surface area contributed by atoms with Gasteiger partial charge in [0.1, 0.15) is 5.82 Å². The van der Waals surface area contributed by atoms with E-state index >= 15 is 0 Å². The Balaban J connectivity index is 1.85. The Morgan fingerprint density at radius 2 is 1.79 bits per heavy atom. The van der Waals surface area contributed by atoms with Crippen LogP contribution in [-0.4, -0.2) is 29.1 Å². The lowest BCUT2D eigenvalue weighted by Crippen LogP contribution is -2.24. The molecule has 1 aliphatic heterocycles. The molecule has 3 rings (SSSR count). The van der Waals surface area contributed by atoms with Crippen molar-refractivity contribution in [1.82, 2.24) is 4.98 Å². The first-order valence-corrected chi connectivity index (χ1v) is 8.46. The molecule has 2 aromatic rings. The molecule has 1 N–H and O–H groups in total. The van der Waals surface area contributed by atoms with Crippen LogP contribution in [0.1, 0.15) is 31.2 Å². The highest BCUT2D eigenvalue weighted by Gasteiger charge is 2.11. The van der Waals surface area contributed by atoms with E-state index in [9.17, 15) is 4.79 Å². The van der Waals surface area contributed by atoms with Gasteiger partial charge in [0.05, 0.1) is 5.69 Å². The van der Waals surface area contributed by atoms with Gasteiger partial charge in [-0.1, -0.05) is 37.1 Å². The zero-order valence-electron chi connectivity index (χ0n) is 13.7. The summed E-state index contributed by atoms with van der Waals surface area (Å²) in [6.07, 6.45) is 7.80. The van der Waals surface area contributed by atoms with E-state index in [-0.39, 0.29) is 0 Å². The highest BCUT2D eigenvalue weighted by molar-refractivity contribution is 5.85.